The van der Waals surface area contributed by atoms with Crippen LogP contribution in [0.25, 0.3) is 5.69 Å². The van der Waals surface area contributed by atoms with Gasteiger partial charge in [-0.2, -0.15) is 0 Å². The van der Waals surface area contributed by atoms with Crippen molar-refractivity contribution < 1.29 is 14.6 Å². The molecule has 0 aliphatic heterocycles. The number of carbonyl (C=O) groups excluding carboxylic acids is 1. The summed E-state index contributed by atoms with van der Waals surface area (Å²) in [5, 5.41) is 9.07. The molecule has 0 aliphatic carbocycles. The minimum atomic E-state index is -0.436. The largest absolute Gasteiger partial charge is 0.461 e. The Balaban J connectivity index is 2.26. The van der Waals surface area contributed by atoms with Gasteiger partial charge in [0.05, 0.1) is 13.2 Å². The lowest BCUT2D eigenvalue weighted by Gasteiger charge is -2.03. The number of imidazole rings is 1. The van der Waals surface area contributed by atoms with E-state index in [1.54, 1.807) is 24.0 Å². The van der Waals surface area contributed by atoms with Gasteiger partial charge in [0.1, 0.15) is 6.33 Å². The van der Waals surface area contributed by atoms with E-state index < -0.39 is 5.97 Å². The van der Waals surface area contributed by atoms with E-state index in [4.69, 9.17) is 9.84 Å². The Labute approximate surface area is 105 Å². The molecule has 0 saturated carbocycles. The molecule has 0 amide bonds. The van der Waals surface area contributed by atoms with Crippen LogP contribution in [0.1, 0.15) is 23.0 Å². The van der Waals surface area contributed by atoms with Crippen molar-refractivity contribution in [3.63, 3.8) is 0 Å². The van der Waals surface area contributed by atoms with E-state index in [0.717, 1.165) is 11.3 Å². The van der Waals surface area contributed by atoms with E-state index >= 15 is 0 Å². The fourth-order valence-corrected chi connectivity index (χ4v) is 1.59. The Morgan fingerprint density at radius 3 is 3.06 bits per heavy atom. The number of esters is 1. The lowest BCUT2D eigenvalue weighted by molar-refractivity contribution is 0.0520. The van der Waals surface area contributed by atoms with E-state index in [-0.39, 0.29) is 12.3 Å². The zero-order chi connectivity index (χ0) is 13.0. The van der Waals surface area contributed by atoms with E-state index in [2.05, 4.69) is 4.98 Å². The minimum Gasteiger partial charge on any atom is -0.461 e. The summed E-state index contributed by atoms with van der Waals surface area (Å²) in [5.74, 6) is -0.436. The van der Waals surface area contributed by atoms with Crippen LogP contribution in [0, 0.1) is 0 Å². The highest BCUT2D eigenvalue weighted by Gasteiger charge is 2.10. The van der Waals surface area contributed by atoms with Gasteiger partial charge in [-0.05, 0) is 24.6 Å². The fraction of sp³-hybridized carbons (Fsp3) is 0.231. The Morgan fingerprint density at radius 1 is 1.50 bits per heavy atom. The number of benzene rings is 1. The highest BCUT2D eigenvalue weighted by atomic mass is 16.5. The second kappa shape index (κ2) is 5.46. The third-order valence-corrected chi connectivity index (χ3v) is 2.46. The second-order valence-electron chi connectivity index (χ2n) is 3.71. The highest BCUT2D eigenvalue weighted by molar-refractivity contribution is 5.87. The van der Waals surface area contributed by atoms with E-state index in [1.807, 2.05) is 24.3 Å². The molecule has 1 heterocycles. The van der Waals surface area contributed by atoms with Gasteiger partial charge in [0, 0.05) is 11.9 Å². The predicted octanol–water partition coefficient (Wildman–Crippen LogP) is 1.54. The molecule has 0 aliphatic rings. The first-order valence-corrected chi connectivity index (χ1v) is 5.66. The van der Waals surface area contributed by atoms with Crippen molar-refractivity contribution in [1.29, 1.82) is 0 Å². The first-order chi connectivity index (χ1) is 8.74. The van der Waals surface area contributed by atoms with Crippen LogP contribution in [0.2, 0.25) is 0 Å². The molecule has 0 saturated heterocycles. The van der Waals surface area contributed by atoms with Gasteiger partial charge in [0.15, 0.2) is 5.69 Å². The van der Waals surface area contributed by atoms with E-state index in [0.29, 0.717) is 6.61 Å². The van der Waals surface area contributed by atoms with Crippen LogP contribution in [-0.4, -0.2) is 27.2 Å². The van der Waals surface area contributed by atoms with Gasteiger partial charge >= 0.3 is 5.97 Å². The first-order valence-electron chi connectivity index (χ1n) is 5.66. The van der Waals surface area contributed by atoms with Crippen LogP contribution in [0.15, 0.2) is 36.8 Å². The highest BCUT2D eigenvalue weighted by Crippen LogP contribution is 2.12. The smallest absolute Gasteiger partial charge is 0.358 e. The zero-order valence-electron chi connectivity index (χ0n) is 10.0. The van der Waals surface area contributed by atoms with Crippen molar-refractivity contribution in [2.45, 2.75) is 13.5 Å². The van der Waals surface area contributed by atoms with Gasteiger partial charge in [-0.1, -0.05) is 12.1 Å². The molecule has 2 rings (SSSR count). The molecule has 18 heavy (non-hydrogen) atoms. The summed E-state index contributed by atoms with van der Waals surface area (Å²) >= 11 is 0. The SMILES string of the molecule is CCOC(=O)c1cn(-c2cccc(CO)c2)cn1. The average molecular weight is 246 g/mol. The van der Waals surface area contributed by atoms with E-state index in [9.17, 15) is 4.79 Å². The molecule has 0 bridgehead atoms. The third-order valence-electron chi connectivity index (χ3n) is 2.46. The molecule has 94 valence electrons. The normalized spacial score (nSPS) is 10.3. The summed E-state index contributed by atoms with van der Waals surface area (Å²) in [5.41, 5.74) is 1.91. The Bertz CT molecular complexity index is 549. The van der Waals surface area contributed by atoms with Crippen LogP contribution in [0.3, 0.4) is 0 Å². The molecule has 0 spiro atoms. The van der Waals surface area contributed by atoms with Crippen molar-refractivity contribution in [2.75, 3.05) is 6.61 Å². The van der Waals surface area contributed by atoms with Crippen molar-refractivity contribution in [3.8, 4) is 5.69 Å². The van der Waals surface area contributed by atoms with Gasteiger partial charge in [-0.25, -0.2) is 9.78 Å². The van der Waals surface area contributed by atoms with Crippen molar-refractivity contribution >= 4 is 5.97 Å². The number of carbonyl (C=O) groups is 1. The maximum absolute atomic E-state index is 11.5. The van der Waals surface area contributed by atoms with Crippen LogP contribution in [-0.2, 0) is 11.3 Å². The lowest BCUT2D eigenvalue weighted by Crippen LogP contribution is -2.04. The average Bonchev–Trinajstić information content (AvgIpc) is 2.89. The summed E-state index contributed by atoms with van der Waals surface area (Å²) in [4.78, 5) is 15.5. The number of aliphatic hydroxyl groups is 1. The fourth-order valence-electron chi connectivity index (χ4n) is 1.59. The number of ether oxygens (including phenoxy) is 1. The minimum absolute atomic E-state index is 0.0206. The van der Waals surface area contributed by atoms with Gasteiger partial charge in [-0.15, -0.1) is 0 Å². The van der Waals surface area contributed by atoms with Crippen LogP contribution in [0.4, 0.5) is 0 Å². The number of aromatic nitrogens is 2. The molecule has 5 heteroatoms. The zero-order valence-corrected chi connectivity index (χ0v) is 10.0. The van der Waals surface area contributed by atoms with Gasteiger partial charge < -0.3 is 14.4 Å². The third kappa shape index (κ3) is 2.57. The Kier molecular flexibility index (Phi) is 3.74. The summed E-state index contributed by atoms with van der Waals surface area (Å²) in [6.07, 6.45) is 3.15. The summed E-state index contributed by atoms with van der Waals surface area (Å²) in [7, 11) is 0. The molecule has 0 unspecified atom stereocenters. The number of hydrogen-bond donors (Lipinski definition) is 1. The monoisotopic (exact) mass is 246 g/mol. The van der Waals surface area contributed by atoms with Crippen LogP contribution >= 0.6 is 0 Å². The number of rotatable bonds is 4. The maximum Gasteiger partial charge on any atom is 0.358 e. The summed E-state index contributed by atoms with van der Waals surface area (Å²) in [6.45, 7) is 2.05. The molecule has 2 aromatic rings. The molecule has 1 aromatic heterocycles. The number of hydrogen-bond acceptors (Lipinski definition) is 4. The van der Waals surface area contributed by atoms with Gasteiger partial charge in [-0.3, -0.25) is 0 Å². The Hall–Kier alpha value is -2.14. The van der Waals surface area contributed by atoms with E-state index in [1.165, 1.54) is 0 Å². The van der Waals surface area contributed by atoms with Crippen molar-refractivity contribution in [3.05, 3.63) is 48.0 Å². The molecular formula is C13H14N2O3. The molecule has 5 nitrogen and oxygen atoms in total. The quantitative estimate of drug-likeness (QED) is 0.831. The van der Waals surface area contributed by atoms with Crippen LogP contribution < -0.4 is 0 Å². The first kappa shape index (κ1) is 12.3. The molecule has 0 fully saturated rings. The lowest BCUT2D eigenvalue weighted by atomic mass is 10.2. The number of aliphatic hydroxyl groups excluding tert-OH is 1. The van der Waals surface area contributed by atoms with Gasteiger partial charge in [0.2, 0.25) is 0 Å². The molecule has 0 radical (unpaired) electrons. The van der Waals surface area contributed by atoms with Crippen molar-refractivity contribution in [2.24, 2.45) is 0 Å². The molecule has 0 atom stereocenters. The molecular weight excluding hydrogens is 232 g/mol. The molecule has 1 N–H and O–H groups in total. The standard InChI is InChI=1S/C13H14N2O3/c1-2-18-13(17)12-7-15(9-14-12)11-5-3-4-10(6-11)8-16/h3-7,9,16H,2,8H2,1H3. The molecule has 1 aromatic carbocycles. The van der Waals surface area contributed by atoms with Crippen molar-refractivity contribution in [1.82, 2.24) is 9.55 Å². The maximum atomic E-state index is 11.5. The van der Waals surface area contributed by atoms with Gasteiger partial charge in [0.25, 0.3) is 0 Å². The van der Waals surface area contributed by atoms with Crippen LogP contribution in [0.5, 0.6) is 0 Å². The second-order valence-corrected chi connectivity index (χ2v) is 3.71. The summed E-state index contributed by atoms with van der Waals surface area (Å²) in [6, 6.07) is 7.37. The predicted molar refractivity (Wildman–Crippen MR) is 65.4 cm³/mol. The topological polar surface area (TPSA) is 64.3 Å². The Morgan fingerprint density at radius 2 is 2.33 bits per heavy atom. The number of nitrogens with zero attached hydrogens (tertiary/aromatic N) is 2. The summed E-state index contributed by atoms with van der Waals surface area (Å²) < 4.78 is 6.58.